The first-order valence-corrected chi connectivity index (χ1v) is 4.17. The normalized spacial score (nSPS) is 13.0. The van der Waals surface area contributed by atoms with Gasteiger partial charge >= 0.3 is 0 Å². The van der Waals surface area contributed by atoms with Crippen LogP contribution in [0.15, 0.2) is 18.2 Å². The largest absolute Gasteiger partial charge is 0.324 e. The van der Waals surface area contributed by atoms with Gasteiger partial charge in [-0.15, -0.1) is 0 Å². The van der Waals surface area contributed by atoms with Crippen molar-refractivity contribution in [1.82, 2.24) is 0 Å². The van der Waals surface area contributed by atoms with Gasteiger partial charge in [0, 0.05) is 11.6 Å². The van der Waals surface area contributed by atoms with Gasteiger partial charge in [0.05, 0.1) is 0 Å². The minimum absolute atomic E-state index is 0.160. The molecule has 0 fully saturated rings. The second-order valence-corrected chi connectivity index (χ2v) is 2.99. The van der Waals surface area contributed by atoms with Crippen LogP contribution in [0.1, 0.15) is 30.5 Å². The topological polar surface area (TPSA) is 26.0 Å². The fraction of sp³-hybridized carbons (Fsp3) is 0.400. The Bertz CT molecular complexity index is 271. The van der Waals surface area contributed by atoms with E-state index >= 15 is 0 Å². The molecule has 1 atom stereocenters. The van der Waals surface area contributed by atoms with E-state index in [2.05, 4.69) is 0 Å². The maximum atomic E-state index is 13.4. The Labute approximate surface area is 72.4 Å². The lowest BCUT2D eigenvalue weighted by atomic mass is 10.0. The van der Waals surface area contributed by atoms with Crippen molar-refractivity contribution in [3.63, 3.8) is 0 Å². The van der Waals surface area contributed by atoms with E-state index in [1.54, 1.807) is 19.1 Å². The summed E-state index contributed by atoms with van der Waals surface area (Å²) in [5.74, 6) is -0.160. The highest BCUT2D eigenvalue weighted by molar-refractivity contribution is 5.27. The number of aryl methyl sites for hydroxylation is 1. The van der Waals surface area contributed by atoms with Gasteiger partial charge in [-0.2, -0.15) is 0 Å². The summed E-state index contributed by atoms with van der Waals surface area (Å²) >= 11 is 0. The van der Waals surface area contributed by atoms with Crippen molar-refractivity contribution in [3.8, 4) is 0 Å². The van der Waals surface area contributed by atoms with Crippen molar-refractivity contribution in [3.05, 3.63) is 35.1 Å². The highest BCUT2D eigenvalue weighted by atomic mass is 19.1. The summed E-state index contributed by atoms with van der Waals surface area (Å²) in [4.78, 5) is 0. The molecule has 1 rings (SSSR count). The summed E-state index contributed by atoms with van der Waals surface area (Å²) in [6.07, 6.45) is 0.764. The van der Waals surface area contributed by atoms with Gasteiger partial charge in [-0.05, 0) is 18.9 Å². The van der Waals surface area contributed by atoms with E-state index in [9.17, 15) is 4.39 Å². The van der Waals surface area contributed by atoms with Crippen LogP contribution in [0.25, 0.3) is 0 Å². The molecule has 2 N–H and O–H groups in total. The molecule has 0 saturated carbocycles. The number of rotatable bonds is 2. The average Bonchev–Trinajstić information content (AvgIpc) is 2.08. The summed E-state index contributed by atoms with van der Waals surface area (Å²) in [6, 6.07) is 5.16. The first-order valence-electron chi connectivity index (χ1n) is 4.17. The molecule has 0 aromatic heterocycles. The smallest absolute Gasteiger partial charge is 0.130 e. The van der Waals surface area contributed by atoms with Crippen LogP contribution < -0.4 is 5.73 Å². The first kappa shape index (κ1) is 9.20. The average molecular weight is 167 g/mol. The number of hydrogen-bond acceptors (Lipinski definition) is 1. The van der Waals surface area contributed by atoms with Crippen LogP contribution in [-0.4, -0.2) is 0 Å². The van der Waals surface area contributed by atoms with Crippen LogP contribution >= 0.6 is 0 Å². The predicted molar refractivity (Wildman–Crippen MR) is 48.4 cm³/mol. The van der Waals surface area contributed by atoms with Gasteiger partial charge in [0.1, 0.15) is 5.82 Å². The van der Waals surface area contributed by atoms with Gasteiger partial charge in [-0.1, -0.05) is 25.1 Å². The van der Waals surface area contributed by atoms with E-state index in [1.165, 1.54) is 0 Å². The minimum atomic E-state index is -0.176. The van der Waals surface area contributed by atoms with Gasteiger partial charge in [-0.3, -0.25) is 0 Å². The molecule has 1 nitrogen and oxygen atoms in total. The molecule has 0 radical (unpaired) electrons. The Morgan fingerprint density at radius 1 is 1.50 bits per heavy atom. The SMILES string of the molecule is CCC(N)c1cccc(C)c1F. The highest BCUT2D eigenvalue weighted by Gasteiger charge is 2.09. The molecule has 1 aromatic rings. The molecule has 12 heavy (non-hydrogen) atoms. The Balaban J connectivity index is 3.07. The molecule has 0 bridgehead atoms. The molecule has 1 aromatic carbocycles. The van der Waals surface area contributed by atoms with Crippen LogP contribution in [0.3, 0.4) is 0 Å². The molecule has 0 saturated heterocycles. The highest BCUT2D eigenvalue weighted by Crippen LogP contribution is 2.19. The van der Waals surface area contributed by atoms with Crippen LogP contribution in [0.4, 0.5) is 4.39 Å². The van der Waals surface area contributed by atoms with E-state index in [-0.39, 0.29) is 11.9 Å². The van der Waals surface area contributed by atoms with Gasteiger partial charge in [0.25, 0.3) is 0 Å². The van der Waals surface area contributed by atoms with Crippen molar-refractivity contribution in [2.45, 2.75) is 26.3 Å². The number of hydrogen-bond donors (Lipinski definition) is 1. The Morgan fingerprint density at radius 2 is 2.17 bits per heavy atom. The van der Waals surface area contributed by atoms with Gasteiger partial charge < -0.3 is 5.73 Å². The minimum Gasteiger partial charge on any atom is -0.324 e. The molecule has 0 heterocycles. The molecule has 0 amide bonds. The van der Waals surface area contributed by atoms with E-state index in [0.29, 0.717) is 11.1 Å². The van der Waals surface area contributed by atoms with Crippen LogP contribution in [0.5, 0.6) is 0 Å². The number of halogens is 1. The maximum absolute atomic E-state index is 13.4. The maximum Gasteiger partial charge on any atom is 0.130 e. The third kappa shape index (κ3) is 1.64. The summed E-state index contributed by atoms with van der Waals surface area (Å²) in [6.45, 7) is 3.70. The Hall–Kier alpha value is -0.890. The van der Waals surface area contributed by atoms with Crippen molar-refractivity contribution < 1.29 is 4.39 Å². The van der Waals surface area contributed by atoms with Crippen molar-refractivity contribution in [2.24, 2.45) is 5.73 Å². The quantitative estimate of drug-likeness (QED) is 0.719. The Kier molecular flexibility index (Phi) is 2.82. The zero-order valence-corrected chi connectivity index (χ0v) is 7.47. The standard InChI is InChI=1S/C10H14FN/c1-3-9(12)8-6-4-5-7(2)10(8)11/h4-6,9H,3,12H2,1-2H3. The molecule has 1 unspecified atom stereocenters. The van der Waals surface area contributed by atoms with Crippen molar-refractivity contribution >= 4 is 0 Å². The summed E-state index contributed by atoms with van der Waals surface area (Å²) in [7, 11) is 0. The first-order chi connectivity index (χ1) is 5.66. The van der Waals surface area contributed by atoms with E-state index < -0.39 is 0 Å². The summed E-state index contributed by atoms with van der Waals surface area (Å²) in [5.41, 5.74) is 7.01. The predicted octanol–water partition coefficient (Wildman–Crippen LogP) is 2.54. The second-order valence-electron chi connectivity index (χ2n) is 2.99. The Morgan fingerprint density at radius 3 is 2.75 bits per heavy atom. The lowest BCUT2D eigenvalue weighted by Gasteiger charge is -2.11. The molecule has 0 spiro atoms. The molecule has 0 aliphatic heterocycles. The van der Waals surface area contributed by atoms with E-state index in [0.717, 1.165) is 6.42 Å². The zero-order valence-electron chi connectivity index (χ0n) is 7.47. The fourth-order valence-electron chi connectivity index (χ4n) is 1.18. The van der Waals surface area contributed by atoms with Gasteiger partial charge in [0.15, 0.2) is 0 Å². The van der Waals surface area contributed by atoms with Crippen LogP contribution in [0.2, 0.25) is 0 Å². The molecule has 66 valence electrons. The van der Waals surface area contributed by atoms with Crippen molar-refractivity contribution in [1.29, 1.82) is 0 Å². The van der Waals surface area contributed by atoms with Gasteiger partial charge in [-0.25, -0.2) is 4.39 Å². The number of nitrogens with two attached hydrogens (primary N) is 1. The molecular weight excluding hydrogens is 153 g/mol. The number of benzene rings is 1. The van der Waals surface area contributed by atoms with Crippen LogP contribution in [-0.2, 0) is 0 Å². The zero-order chi connectivity index (χ0) is 9.14. The van der Waals surface area contributed by atoms with E-state index in [4.69, 9.17) is 5.73 Å². The van der Waals surface area contributed by atoms with Crippen LogP contribution in [0, 0.1) is 12.7 Å². The fourth-order valence-corrected chi connectivity index (χ4v) is 1.18. The summed E-state index contributed by atoms with van der Waals surface area (Å²) < 4.78 is 13.4. The monoisotopic (exact) mass is 167 g/mol. The third-order valence-corrected chi connectivity index (χ3v) is 2.06. The van der Waals surface area contributed by atoms with Gasteiger partial charge in [0.2, 0.25) is 0 Å². The lowest BCUT2D eigenvalue weighted by molar-refractivity contribution is 0.568. The van der Waals surface area contributed by atoms with E-state index in [1.807, 2.05) is 13.0 Å². The molecule has 0 aliphatic carbocycles. The van der Waals surface area contributed by atoms with Crippen molar-refractivity contribution in [2.75, 3.05) is 0 Å². The molecular formula is C10H14FN. The second kappa shape index (κ2) is 3.68. The lowest BCUT2D eigenvalue weighted by Crippen LogP contribution is -2.11. The molecule has 2 heteroatoms. The third-order valence-electron chi connectivity index (χ3n) is 2.06. The summed E-state index contributed by atoms with van der Waals surface area (Å²) in [5, 5.41) is 0. The molecule has 0 aliphatic rings.